The van der Waals surface area contributed by atoms with Crippen LogP contribution < -0.4 is 5.32 Å². The molecule has 0 bridgehead atoms. The molecule has 1 rings (SSSR count). The molecule has 1 heterocycles. The first-order valence-electron chi connectivity index (χ1n) is 8.09. The van der Waals surface area contributed by atoms with Crippen LogP contribution in [-0.4, -0.2) is 23.9 Å². The third-order valence-electron chi connectivity index (χ3n) is 2.35. The van der Waals surface area contributed by atoms with Crippen molar-refractivity contribution < 1.29 is 4.39 Å². The number of nitrogens with one attached hydrogen (secondary N) is 1. The molecular formula is C18H36FNSn. The maximum Gasteiger partial charge on any atom is 0.234 e. The van der Waals surface area contributed by atoms with Gasteiger partial charge in [0.1, 0.15) is 0 Å². The number of allylic oxidation sites excluding steroid dienone is 2. The summed E-state index contributed by atoms with van der Waals surface area (Å²) in [5, 5.41) is 2.38. The minimum absolute atomic E-state index is 0. The SMILES string of the molecule is CC1=CNC(F)=C=C1.CCCC.CCCC.CCCC.[Sn]. The fourth-order valence-electron chi connectivity index (χ4n) is 0.438. The zero-order valence-corrected chi connectivity index (χ0v) is 18.1. The van der Waals surface area contributed by atoms with E-state index in [1.54, 1.807) is 12.3 Å². The predicted molar refractivity (Wildman–Crippen MR) is 97.1 cm³/mol. The number of rotatable bonds is 3. The zero-order chi connectivity index (χ0) is 16.2. The molecule has 1 nitrogen and oxygen atoms in total. The molecule has 0 amide bonds. The summed E-state index contributed by atoms with van der Waals surface area (Å²) in [5.74, 6) is -0.421. The van der Waals surface area contributed by atoms with Gasteiger partial charge in [0.2, 0.25) is 5.95 Å². The van der Waals surface area contributed by atoms with Crippen molar-refractivity contribution in [1.29, 1.82) is 0 Å². The van der Waals surface area contributed by atoms with Crippen LogP contribution in [0.15, 0.2) is 29.5 Å². The van der Waals surface area contributed by atoms with Crippen LogP contribution in [0, 0.1) is 0 Å². The summed E-state index contributed by atoms with van der Waals surface area (Å²) >= 11 is 0. The average Bonchev–Trinajstić information content (AvgIpc) is 2.51. The van der Waals surface area contributed by atoms with Gasteiger partial charge in [0.15, 0.2) is 0 Å². The van der Waals surface area contributed by atoms with Gasteiger partial charge in [-0.25, -0.2) is 0 Å². The van der Waals surface area contributed by atoms with Gasteiger partial charge in [0.05, 0.1) is 0 Å². The summed E-state index contributed by atoms with van der Waals surface area (Å²) in [6, 6.07) is 0. The quantitative estimate of drug-likeness (QED) is 0.322. The fourth-order valence-corrected chi connectivity index (χ4v) is 0.438. The van der Waals surface area contributed by atoms with E-state index in [0.29, 0.717) is 0 Å². The molecule has 21 heavy (non-hydrogen) atoms. The molecule has 0 saturated carbocycles. The molecule has 0 atom stereocenters. The van der Waals surface area contributed by atoms with Crippen molar-refractivity contribution in [3.8, 4) is 0 Å². The summed E-state index contributed by atoms with van der Waals surface area (Å²) in [6.45, 7) is 15.0. The molecule has 3 heteroatoms. The molecule has 0 saturated heterocycles. The summed E-state index contributed by atoms with van der Waals surface area (Å²) in [5.41, 5.74) is 3.36. The van der Waals surface area contributed by atoms with Gasteiger partial charge in [-0.3, -0.25) is 0 Å². The van der Waals surface area contributed by atoms with Crippen molar-refractivity contribution in [1.82, 2.24) is 5.32 Å². The van der Waals surface area contributed by atoms with E-state index < -0.39 is 5.95 Å². The van der Waals surface area contributed by atoms with Crippen LogP contribution in [0.3, 0.4) is 0 Å². The van der Waals surface area contributed by atoms with E-state index >= 15 is 0 Å². The van der Waals surface area contributed by atoms with Gasteiger partial charge in [0.25, 0.3) is 0 Å². The summed E-state index contributed by atoms with van der Waals surface area (Å²) in [6.07, 6.45) is 11.1. The molecular weight excluding hydrogens is 368 g/mol. The topological polar surface area (TPSA) is 12.0 Å². The molecule has 0 unspecified atom stereocenters. The van der Waals surface area contributed by atoms with Crippen LogP contribution >= 0.6 is 0 Å². The maximum absolute atomic E-state index is 12.0. The van der Waals surface area contributed by atoms with Crippen LogP contribution in [-0.2, 0) is 0 Å². The first-order valence-corrected chi connectivity index (χ1v) is 8.09. The maximum atomic E-state index is 12.0. The smallest absolute Gasteiger partial charge is 0.234 e. The molecule has 0 aromatic rings. The Bertz CT molecular complexity index is 251. The molecule has 0 fully saturated rings. The Morgan fingerprint density at radius 3 is 1.33 bits per heavy atom. The standard InChI is InChI=1S/C6H6FN.3C4H10.Sn/c1-5-2-3-6(7)8-4-5;3*1-3-4-2;/h2,4,8H,1H3;3*3-4H2,1-2H3;. The van der Waals surface area contributed by atoms with Crippen molar-refractivity contribution in [2.24, 2.45) is 0 Å². The van der Waals surface area contributed by atoms with Crippen LogP contribution in [0.25, 0.3) is 0 Å². The average molecular weight is 404 g/mol. The Balaban J connectivity index is -0.0000000973. The molecule has 0 aliphatic carbocycles. The Labute approximate surface area is 150 Å². The van der Waals surface area contributed by atoms with Gasteiger partial charge < -0.3 is 5.32 Å². The normalized spacial score (nSPS) is 10.7. The second-order valence-electron chi connectivity index (χ2n) is 4.64. The summed E-state index contributed by atoms with van der Waals surface area (Å²) < 4.78 is 12.0. The van der Waals surface area contributed by atoms with Crippen molar-refractivity contribution in [2.75, 3.05) is 0 Å². The Kier molecular flexibility index (Phi) is 38.5. The zero-order valence-electron chi connectivity index (χ0n) is 15.3. The van der Waals surface area contributed by atoms with Crippen molar-refractivity contribution >= 4 is 23.9 Å². The summed E-state index contributed by atoms with van der Waals surface area (Å²) in [4.78, 5) is 0. The van der Waals surface area contributed by atoms with Crippen LogP contribution in [0.4, 0.5) is 4.39 Å². The van der Waals surface area contributed by atoms with E-state index in [1.807, 2.05) is 6.92 Å². The van der Waals surface area contributed by atoms with Gasteiger partial charge in [0, 0.05) is 30.1 Å². The number of hydrogen-bond acceptors (Lipinski definition) is 1. The molecule has 124 valence electrons. The van der Waals surface area contributed by atoms with E-state index in [0.717, 1.165) is 5.57 Å². The van der Waals surface area contributed by atoms with E-state index in [4.69, 9.17) is 0 Å². The predicted octanol–water partition coefficient (Wildman–Crippen LogP) is 6.50. The minimum atomic E-state index is -0.421. The van der Waals surface area contributed by atoms with E-state index in [1.165, 1.54) is 38.5 Å². The molecule has 0 aromatic carbocycles. The van der Waals surface area contributed by atoms with E-state index in [-0.39, 0.29) is 23.9 Å². The van der Waals surface area contributed by atoms with Crippen LogP contribution in [0.2, 0.25) is 0 Å². The second-order valence-corrected chi connectivity index (χ2v) is 4.64. The van der Waals surface area contributed by atoms with E-state index in [2.05, 4.69) is 52.6 Å². The molecule has 0 aromatic heterocycles. The first-order chi connectivity index (χ1) is 9.53. The second kappa shape index (κ2) is 28.0. The third-order valence-corrected chi connectivity index (χ3v) is 2.35. The first kappa shape index (κ1) is 28.9. The molecule has 1 N–H and O–H groups in total. The summed E-state index contributed by atoms with van der Waals surface area (Å²) in [7, 11) is 0. The van der Waals surface area contributed by atoms with Crippen molar-refractivity contribution in [3.05, 3.63) is 29.5 Å². The van der Waals surface area contributed by atoms with Gasteiger partial charge in [-0.05, 0) is 18.6 Å². The van der Waals surface area contributed by atoms with Crippen LogP contribution in [0.5, 0.6) is 0 Å². The fraction of sp³-hybridized carbons (Fsp3) is 0.722. The third kappa shape index (κ3) is 38.3. The van der Waals surface area contributed by atoms with Gasteiger partial charge in [-0.1, -0.05) is 85.8 Å². The van der Waals surface area contributed by atoms with Gasteiger partial charge in [-0.2, -0.15) is 4.39 Å². The largest absolute Gasteiger partial charge is 0.332 e. The van der Waals surface area contributed by atoms with Crippen LogP contribution in [0.1, 0.15) is 87.0 Å². The van der Waals surface area contributed by atoms with Crippen molar-refractivity contribution in [3.63, 3.8) is 0 Å². The Hall–Kier alpha value is -0.211. The monoisotopic (exact) mass is 405 g/mol. The van der Waals surface area contributed by atoms with Gasteiger partial charge >= 0.3 is 0 Å². The molecule has 4 radical (unpaired) electrons. The Morgan fingerprint density at radius 1 is 0.857 bits per heavy atom. The number of unbranched alkanes of at least 4 members (excludes halogenated alkanes) is 3. The van der Waals surface area contributed by atoms with Crippen molar-refractivity contribution in [2.45, 2.75) is 87.0 Å². The minimum Gasteiger partial charge on any atom is -0.332 e. The van der Waals surface area contributed by atoms with Gasteiger partial charge in [-0.15, -0.1) is 0 Å². The molecule has 1 aliphatic heterocycles. The molecule has 0 spiro atoms. The number of hydrogen-bond donors (Lipinski definition) is 1. The Morgan fingerprint density at radius 2 is 1.19 bits per heavy atom. The molecule has 1 aliphatic rings. The van der Waals surface area contributed by atoms with E-state index in [9.17, 15) is 4.39 Å². The number of halogens is 1.